The summed E-state index contributed by atoms with van der Waals surface area (Å²) >= 11 is 0. The van der Waals surface area contributed by atoms with Gasteiger partial charge < -0.3 is 10.3 Å². The first-order chi connectivity index (χ1) is 13.5. The lowest BCUT2D eigenvalue weighted by molar-refractivity contribution is 0.0951. The van der Waals surface area contributed by atoms with Crippen LogP contribution in [0.3, 0.4) is 0 Å². The van der Waals surface area contributed by atoms with Gasteiger partial charge in [-0.25, -0.2) is 0 Å². The van der Waals surface area contributed by atoms with Crippen molar-refractivity contribution in [2.24, 2.45) is 0 Å². The highest BCUT2D eigenvalue weighted by molar-refractivity contribution is 6.11. The Hall–Kier alpha value is -2.72. The zero-order valence-electron chi connectivity index (χ0n) is 16.8. The molecule has 0 unspecified atom stereocenters. The third kappa shape index (κ3) is 4.57. The van der Waals surface area contributed by atoms with E-state index >= 15 is 0 Å². The Morgan fingerprint density at radius 1 is 1.11 bits per heavy atom. The lowest BCUT2D eigenvalue weighted by atomic mass is 10.0. The van der Waals surface area contributed by atoms with Crippen LogP contribution in [-0.4, -0.2) is 29.1 Å². The predicted octanol–water partition coefficient (Wildman–Crippen LogP) is 4.86. The molecular formula is C24H28N2O2. The zero-order chi connectivity index (χ0) is 20.1. The first-order valence-electron chi connectivity index (χ1n) is 9.97. The van der Waals surface area contributed by atoms with Gasteiger partial charge in [0.25, 0.3) is 0 Å². The number of hydrogen-bond donors (Lipinski definition) is 2. The van der Waals surface area contributed by atoms with E-state index in [4.69, 9.17) is 0 Å². The molecule has 1 aromatic heterocycles. The molecule has 4 heteroatoms. The van der Waals surface area contributed by atoms with Crippen LogP contribution in [0.1, 0.15) is 58.5 Å². The summed E-state index contributed by atoms with van der Waals surface area (Å²) in [6.45, 7) is 6.71. The minimum Gasteiger partial charge on any atom is -0.360 e. The molecule has 0 amide bonds. The molecule has 146 valence electrons. The zero-order valence-corrected chi connectivity index (χ0v) is 16.8. The standard InChI is InChI=1S/C24H28N2O2/c1-4-5-23(27)19-10-11-20-21(15-26-22(20)14-19)24(28)17(3)25-13-12-18-8-6-16(2)7-9-18/h6-11,14-15,17,25-26H,4-5,12-13H2,1-3H3/t17-/m0/s1. The van der Waals surface area contributed by atoms with Crippen LogP contribution in [0.15, 0.2) is 48.7 Å². The molecule has 4 nitrogen and oxygen atoms in total. The molecule has 1 heterocycles. The van der Waals surface area contributed by atoms with Gasteiger partial charge in [0.1, 0.15) is 0 Å². The molecule has 0 radical (unpaired) electrons. The van der Waals surface area contributed by atoms with Crippen molar-refractivity contribution in [2.45, 2.75) is 46.1 Å². The van der Waals surface area contributed by atoms with E-state index in [1.165, 1.54) is 11.1 Å². The van der Waals surface area contributed by atoms with Gasteiger partial charge in [-0.15, -0.1) is 0 Å². The number of aromatic amines is 1. The van der Waals surface area contributed by atoms with Crippen molar-refractivity contribution in [3.63, 3.8) is 0 Å². The number of Topliss-reactive ketones (excluding diaryl/α,β-unsaturated/α-hetero) is 2. The van der Waals surface area contributed by atoms with Gasteiger partial charge >= 0.3 is 0 Å². The molecule has 3 aromatic rings. The molecule has 0 aliphatic heterocycles. The summed E-state index contributed by atoms with van der Waals surface area (Å²) < 4.78 is 0. The Balaban J connectivity index is 1.65. The first kappa shape index (κ1) is 20.0. The molecular weight excluding hydrogens is 348 g/mol. The summed E-state index contributed by atoms with van der Waals surface area (Å²) in [6.07, 6.45) is 4.00. The molecule has 0 saturated heterocycles. The van der Waals surface area contributed by atoms with Crippen molar-refractivity contribution < 1.29 is 9.59 Å². The first-order valence-corrected chi connectivity index (χ1v) is 9.97. The third-order valence-electron chi connectivity index (χ3n) is 5.12. The maximum absolute atomic E-state index is 12.9. The highest BCUT2D eigenvalue weighted by Crippen LogP contribution is 2.22. The van der Waals surface area contributed by atoms with Crippen LogP contribution in [0, 0.1) is 6.92 Å². The van der Waals surface area contributed by atoms with Crippen molar-refractivity contribution in [2.75, 3.05) is 6.54 Å². The van der Waals surface area contributed by atoms with Gasteiger partial charge in [-0.2, -0.15) is 0 Å². The fraction of sp³-hybridized carbons (Fsp3) is 0.333. The van der Waals surface area contributed by atoms with Crippen LogP contribution >= 0.6 is 0 Å². The normalized spacial score (nSPS) is 12.2. The summed E-state index contributed by atoms with van der Waals surface area (Å²) in [6, 6.07) is 13.7. The highest BCUT2D eigenvalue weighted by atomic mass is 16.1. The molecule has 3 rings (SSSR count). The van der Waals surface area contributed by atoms with Gasteiger partial charge in [0.2, 0.25) is 0 Å². The Morgan fingerprint density at radius 3 is 2.57 bits per heavy atom. The van der Waals surface area contributed by atoms with Crippen LogP contribution in [-0.2, 0) is 6.42 Å². The maximum atomic E-state index is 12.9. The van der Waals surface area contributed by atoms with E-state index < -0.39 is 0 Å². The van der Waals surface area contributed by atoms with Crippen molar-refractivity contribution in [1.82, 2.24) is 10.3 Å². The highest BCUT2D eigenvalue weighted by Gasteiger charge is 2.19. The molecule has 0 aliphatic rings. The number of aromatic nitrogens is 1. The maximum Gasteiger partial charge on any atom is 0.181 e. The number of fused-ring (bicyclic) bond motifs is 1. The lowest BCUT2D eigenvalue weighted by Gasteiger charge is -2.12. The number of aryl methyl sites for hydroxylation is 1. The topological polar surface area (TPSA) is 62.0 Å². The number of carbonyl (C=O) groups is 2. The van der Waals surface area contributed by atoms with Gasteiger partial charge in [-0.1, -0.05) is 48.9 Å². The van der Waals surface area contributed by atoms with Crippen molar-refractivity contribution >= 4 is 22.5 Å². The van der Waals surface area contributed by atoms with Crippen molar-refractivity contribution in [3.8, 4) is 0 Å². The summed E-state index contributed by atoms with van der Waals surface area (Å²) in [5.41, 5.74) is 4.70. The molecule has 0 aliphatic carbocycles. The van der Waals surface area contributed by atoms with Crippen LogP contribution in [0.5, 0.6) is 0 Å². The second kappa shape index (κ2) is 8.98. The van der Waals surface area contributed by atoms with Gasteiger partial charge in [0, 0.05) is 34.6 Å². The number of H-pyrrole nitrogens is 1. The fourth-order valence-electron chi connectivity index (χ4n) is 3.39. The van der Waals surface area contributed by atoms with Crippen LogP contribution in [0.2, 0.25) is 0 Å². The Kier molecular flexibility index (Phi) is 6.42. The third-order valence-corrected chi connectivity index (χ3v) is 5.12. The molecule has 0 bridgehead atoms. The van der Waals surface area contributed by atoms with Gasteiger partial charge in [0.05, 0.1) is 6.04 Å². The van der Waals surface area contributed by atoms with E-state index in [-0.39, 0.29) is 17.6 Å². The van der Waals surface area contributed by atoms with E-state index in [0.717, 1.165) is 30.3 Å². The van der Waals surface area contributed by atoms with Gasteiger partial charge in [-0.05, 0) is 44.9 Å². The average molecular weight is 376 g/mol. The largest absolute Gasteiger partial charge is 0.360 e. The minimum absolute atomic E-state index is 0.0581. The second-order valence-electron chi connectivity index (χ2n) is 7.41. The Bertz CT molecular complexity index is 970. The summed E-state index contributed by atoms with van der Waals surface area (Å²) in [5.74, 6) is 0.195. The molecule has 0 fully saturated rings. The molecule has 0 saturated carbocycles. The monoisotopic (exact) mass is 376 g/mol. The number of benzene rings is 2. The summed E-state index contributed by atoms with van der Waals surface area (Å²) in [7, 11) is 0. The van der Waals surface area contributed by atoms with Crippen LogP contribution in [0.4, 0.5) is 0 Å². The average Bonchev–Trinajstić information content (AvgIpc) is 3.12. The summed E-state index contributed by atoms with van der Waals surface area (Å²) in [5, 5.41) is 4.19. The van der Waals surface area contributed by atoms with Crippen LogP contribution in [0.25, 0.3) is 10.9 Å². The number of nitrogens with one attached hydrogen (secondary N) is 2. The van der Waals surface area contributed by atoms with Gasteiger partial charge in [-0.3, -0.25) is 9.59 Å². The van der Waals surface area contributed by atoms with E-state index in [9.17, 15) is 9.59 Å². The fourth-order valence-corrected chi connectivity index (χ4v) is 3.39. The SMILES string of the molecule is CCCC(=O)c1ccc2c(C(=O)[C@H](C)NCCc3ccc(C)cc3)c[nH]c2c1. The second-order valence-corrected chi connectivity index (χ2v) is 7.41. The molecule has 2 aromatic carbocycles. The molecule has 2 N–H and O–H groups in total. The van der Waals surface area contributed by atoms with E-state index in [0.29, 0.717) is 17.5 Å². The van der Waals surface area contributed by atoms with Gasteiger partial charge in [0.15, 0.2) is 11.6 Å². The van der Waals surface area contributed by atoms with Crippen molar-refractivity contribution in [1.29, 1.82) is 0 Å². The molecule has 28 heavy (non-hydrogen) atoms. The quantitative estimate of drug-likeness (QED) is 0.524. The van der Waals surface area contributed by atoms with Crippen LogP contribution < -0.4 is 5.32 Å². The number of ketones is 2. The lowest BCUT2D eigenvalue weighted by Crippen LogP contribution is -2.35. The van der Waals surface area contributed by atoms with E-state index in [1.807, 2.05) is 32.0 Å². The van der Waals surface area contributed by atoms with E-state index in [1.54, 1.807) is 6.20 Å². The summed E-state index contributed by atoms with van der Waals surface area (Å²) in [4.78, 5) is 28.1. The number of carbonyl (C=O) groups excluding carboxylic acids is 2. The number of hydrogen-bond acceptors (Lipinski definition) is 3. The minimum atomic E-state index is -0.272. The predicted molar refractivity (Wildman–Crippen MR) is 114 cm³/mol. The smallest absolute Gasteiger partial charge is 0.181 e. The van der Waals surface area contributed by atoms with E-state index in [2.05, 4.69) is 41.5 Å². The Morgan fingerprint density at radius 2 is 1.86 bits per heavy atom. The molecule has 1 atom stereocenters. The molecule has 0 spiro atoms. The number of rotatable bonds is 9. The van der Waals surface area contributed by atoms with Crippen molar-refractivity contribution in [3.05, 3.63) is 70.9 Å². The Labute approximate surface area is 166 Å².